The van der Waals surface area contributed by atoms with Crippen LogP contribution in [0.5, 0.6) is 0 Å². The van der Waals surface area contributed by atoms with Crippen molar-refractivity contribution < 1.29 is 4.79 Å². The minimum atomic E-state index is 0.149. The molecule has 29 heavy (non-hydrogen) atoms. The molecule has 0 saturated heterocycles. The Hall–Kier alpha value is -3.08. The number of ketones is 1. The fourth-order valence-electron chi connectivity index (χ4n) is 4.62. The van der Waals surface area contributed by atoms with Crippen molar-refractivity contribution in [3.63, 3.8) is 0 Å². The summed E-state index contributed by atoms with van der Waals surface area (Å²) >= 11 is 0. The second kappa shape index (κ2) is 7.07. The lowest BCUT2D eigenvalue weighted by atomic mass is 9.96. The van der Waals surface area contributed by atoms with E-state index >= 15 is 0 Å². The predicted octanol–water partition coefficient (Wildman–Crippen LogP) is 4.49. The number of hydrogen-bond donors (Lipinski definition) is 1. The molecule has 5 heteroatoms. The van der Waals surface area contributed by atoms with Crippen LogP contribution in [0, 0.1) is 0 Å². The number of fused-ring (bicyclic) bond motifs is 2. The molecule has 5 rings (SSSR count). The zero-order valence-corrected chi connectivity index (χ0v) is 17.0. The summed E-state index contributed by atoms with van der Waals surface area (Å²) in [5.74, 6) is 0.304. The van der Waals surface area contributed by atoms with Gasteiger partial charge in [0.05, 0.1) is 17.6 Å². The van der Waals surface area contributed by atoms with Crippen molar-refractivity contribution in [3.05, 3.63) is 59.9 Å². The molecule has 148 valence electrons. The first-order valence-corrected chi connectivity index (χ1v) is 10.4. The summed E-state index contributed by atoms with van der Waals surface area (Å²) < 4.78 is 1.84. The van der Waals surface area contributed by atoms with Crippen LogP contribution >= 0.6 is 0 Å². The Morgan fingerprint density at radius 3 is 2.83 bits per heavy atom. The van der Waals surface area contributed by atoms with Gasteiger partial charge in [0.2, 0.25) is 0 Å². The van der Waals surface area contributed by atoms with E-state index in [0.29, 0.717) is 18.6 Å². The second-order valence-corrected chi connectivity index (χ2v) is 8.28. The Balaban J connectivity index is 1.61. The zero-order valence-electron chi connectivity index (χ0n) is 17.0. The lowest BCUT2D eigenvalue weighted by Crippen LogP contribution is -2.26. The highest BCUT2D eigenvalue weighted by Gasteiger charge is 2.26. The number of carbonyl (C=O) groups is 1. The maximum Gasteiger partial charge on any atom is 0.139 e. The Labute approximate surface area is 171 Å². The Bertz CT molecular complexity index is 1080. The van der Waals surface area contributed by atoms with Gasteiger partial charge in [0.1, 0.15) is 5.78 Å². The standard InChI is InChI=1S/C24H26N4O/c1-16-11-21(29)12-19-5-3-7-22(24(19)26-16)28-10-4-6-17-8-9-18(13-23(17)28)20-14-25-27(2)15-20/h3,5,7-9,13-16,26H,4,6,10-12H2,1-2H3/t16-/m1/s1. The van der Waals surface area contributed by atoms with Gasteiger partial charge in [-0.25, -0.2) is 0 Å². The van der Waals surface area contributed by atoms with Crippen molar-refractivity contribution in [1.29, 1.82) is 0 Å². The monoisotopic (exact) mass is 386 g/mol. The maximum atomic E-state index is 12.3. The van der Waals surface area contributed by atoms with Crippen molar-refractivity contribution in [1.82, 2.24) is 9.78 Å². The normalized spacial score (nSPS) is 18.6. The van der Waals surface area contributed by atoms with Crippen LogP contribution in [0.25, 0.3) is 11.1 Å². The molecule has 2 aromatic carbocycles. The number of aromatic nitrogens is 2. The third-order valence-corrected chi connectivity index (χ3v) is 5.97. The second-order valence-electron chi connectivity index (χ2n) is 8.28. The van der Waals surface area contributed by atoms with E-state index in [2.05, 4.69) is 64.8 Å². The molecular weight excluding hydrogens is 360 g/mol. The number of anilines is 3. The molecule has 5 nitrogen and oxygen atoms in total. The van der Waals surface area contributed by atoms with E-state index in [1.165, 1.54) is 22.5 Å². The maximum absolute atomic E-state index is 12.3. The van der Waals surface area contributed by atoms with Crippen LogP contribution in [-0.2, 0) is 24.7 Å². The van der Waals surface area contributed by atoms with Crippen molar-refractivity contribution in [2.75, 3.05) is 16.8 Å². The zero-order chi connectivity index (χ0) is 20.0. The fourth-order valence-corrected chi connectivity index (χ4v) is 4.62. The average molecular weight is 386 g/mol. The SMILES string of the molecule is C[C@@H]1CC(=O)Cc2cccc(N3CCCc4ccc(-c5cnn(C)c5)cc43)c2N1. The van der Waals surface area contributed by atoms with E-state index < -0.39 is 0 Å². The van der Waals surface area contributed by atoms with Crippen LogP contribution < -0.4 is 10.2 Å². The predicted molar refractivity (Wildman–Crippen MR) is 117 cm³/mol. The van der Waals surface area contributed by atoms with Crippen LogP contribution in [-0.4, -0.2) is 28.2 Å². The first-order chi connectivity index (χ1) is 14.1. The Morgan fingerprint density at radius 2 is 2.00 bits per heavy atom. The largest absolute Gasteiger partial charge is 0.380 e. The topological polar surface area (TPSA) is 50.2 Å². The van der Waals surface area contributed by atoms with Crippen molar-refractivity contribution in [2.45, 2.75) is 38.6 Å². The van der Waals surface area contributed by atoms with E-state index in [9.17, 15) is 4.79 Å². The molecule has 0 spiro atoms. The summed E-state index contributed by atoms with van der Waals surface area (Å²) in [7, 11) is 1.95. The number of rotatable bonds is 2. The summed E-state index contributed by atoms with van der Waals surface area (Å²) in [4.78, 5) is 14.7. The molecule has 0 saturated carbocycles. The number of nitrogens with one attached hydrogen (secondary N) is 1. The van der Waals surface area contributed by atoms with E-state index in [1.807, 2.05) is 17.9 Å². The molecule has 0 amide bonds. The number of aryl methyl sites for hydroxylation is 2. The molecule has 0 radical (unpaired) electrons. The van der Waals surface area contributed by atoms with Crippen molar-refractivity contribution in [3.8, 4) is 11.1 Å². The number of para-hydroxylation sites is 1. The first-order valence-electron chi connectivity index (χ1n) is 10.4. The number of hydrogen-bond acceptors (Lipinski definition) is 4. The molecule has 0 bridgehead atoms. The molecule has 0 fully saturated rings. The summed E-state index contributed by atoms with van der Waals surface area (Å²) in [5, 5.41) is 7.95. The van der Waals surface area contributed by atoms with Gasteiger partial charge >= 0.3 is 0 Å². The molecular formula is C24H26N4O. The quantitative estimate of drug-likeness (QED) is 0.705. The van der Waals surface area contributed by atoms with Gasteiger partial charge in [-0.05, 0) is 48.6 Å². The minimum absolute atomic E-state index is 0.149. The highest BCUT2D eigenvalue weighted by atomic mass is 16.1. The van der Waals surface area contributed by atoms with Crippen molar-refractivity contribution in [2.24, 2.45) is 7.05 Å². The van der Waals surface area contributed by atoms with Gasteiger partial charge in [0.25, 0.3) is 0 Å². The molecule has 3 heterocycles. The molecule has 1 N–H and O–H groups in total. The van der Waals surface area contributed by atoms with Gasteiger partial charge < -0.3 is 10.2 Å². The number of benzene rings is 2. The fraction of sp³-hybridized carbons (Fsp3) is 0.333. The number of nitrogens with zero attached hydrogens (tertiary/aromatic N) is 3. The molecule has 2 aliphatic rings. The molecule has 0 aliphatic carbocycles. The third kappa shape index (κ3) is 3.31. The van der Waals surface area contributed by atoms with Gasteiger partial charge in [-0.3, -0.25) is 9.48 Å². The Kier molecular flexibility index (Phi) is 4.38. The van der Waals surface area contributed by atoms with Crippen LogP contribution in [0.4, 0.5) is 17.1 Å². The molecule has 1 atom stereocenters. The average Bonchev–Trinajstić information content (AvgIpc) is 3.08. The summed E-state index contributed by atoms with van der Waals surface area (Å²) in [6, 6.07) is 13.2. The summed E-state index contributed by atoms with van der Waals surface area (Å²) in [5.41, 5.74) is 8.34. The minimum Gasteiger partial charge on any atom is -0.380 e. The van der Waals surface area contributed by atoms with E-state index in [1.54, 1.807) is 0 Å². The number of Topliss-reactive ketones (excluding diaryl/α,β-unsaturated/α-hetero) is 1. The molecule has 3 aromatic rings. The highest BCUT2D eigenvalue weighted by molar-refractivity contribution is 5.90. The Morgan fingerprint density at radius 1 is 1.10 bits per heavy atom. The van der Waals surface area contributed by atoms with Crippen LogP contribution in [0.3, 0.4) is 0 Å². The van der Waals surface area contributed by atoms with E-state index in [4.69, 9.17) is 0 Å². The lowest BCUT2D eigenvalue weighted by molar-refractivity contribution is -0.118. The van der Waals surface area contributed by atoms with Crippen LogP contribution in [0.2, 0.25) is 0 Å². The molecule has 0 unspecified atom stereocenters. The molecule has 2 aliphatic heterocycles. The summed E-state index contributed by atoms with van der Waals surface area (Å²) in [6.45, 7) is 3.07. The number of carbonyl (C=O) groups excluding carboxylic acids is 1. The van der Waals surface area contributed by atoms with Crippen LogP contribution in [0.15, 0.2) is 48.8 Å². The van der Waals surface area contributed by atoms with E-state index in [0.717, 1.165) is 36.2 Å². The molecule has 1 aromatic heterocycles. The van der Waals surface area contributed by atoms with Gasteiger partial charge in [0.15, 0.2) is 0 Å². The lowest BCUT2D eigenvalue weighted by Gasteiger charge is -2.34. The van der Waals surface area contributed by atoms with Gasteiger partial charge in [-0.15, -0.1) is 0 Å². The van der Waals surface area contributed by atoms with Gasteiger partial charge in [-0.2, -0.15) is 5.10 Å². The third-order valence-electron chi connectivity index (χ3n) is 5.97. The smallest absolute Gasteiger partial charge is 0.139 e. The van der Waals surface area contributed by atoms with Crippen LogP contribution in [0.1, 0.15) is 30.9 Å². The summed E-state index contributed by atoms with van der Waals surface area (Å²) in [6.07, 6.45) is 7.28. The van der Waals surface area contributed by atoms with E-state index in [-0.39, 0.29) is 6.04 Å². The van der Waals surface area contributed by atoms with Gasteiger partial charge in [0, 0.05) is 49.9 Å². The first kappa shape index (κ1) is 18.0. The highest BCUT2D eigenvalue weighted by Crippen LogP contribution is 2.41. The van der Waals surface area contributed by atoms with Crippen molar-refractivity contribution >= 4 is 22.8 Å². The van der Waals surface area contributed by atoms with Gasteiger partial charge in [-0.1, -0.05) is 24.3 Å².